The molecule has 1 aliphatic heterocycles. The number of aromatic nitrogens is 1. The maximum absolute atomic E-state index is 13.0. The first kappa shape index (κ1) is 22.0. The Kier molecular flexibility index (Phi) is 6.04. The smallest absolute Gasteiger partial charge is 0.263 e. The molecule has 1 fully saturated rings. The monoisotopic (exact) mass is 422 g/mol. The minimum atomic E-state index is -2.72. The van der Waals surface area contributed by atoms with Crippen LogP contribution < -0.4 is 5.73 Å². The largest absolute Gasteiger partial charge is 0.386 e. The van der Waals surface area contributed by atoms with Crippen LogP contribution in [0.2, 0.25) is 0 Å². The van der Waals surface area contributed by atoms with Crippen LogP contribution in [0.5, 0.6) is 0 Å². The quantitative estimate of drug-likeness (QED) is 0.418. The van der Waals surface area contributed by atoms with Crippen LogP contribution in [0.15, 0.2) is 46.5 Å². The molecular formula is C20H24F2N4O4. The summed E-state index contributed by atoms with van der Waals surface area (Å²) in [7, 11) is 1.51. The molecule has 2 heterocycles. The van der Waals surface area contributed by atoms with Crippen molar-refractivity contribution in [1.82, 2.24) is 4.57 Å². The van der Waals surface area contributed by atoms with Crippen molar-refractivity contribution in [2.24, 2.45) is 15.7 Å². The van der Waals surface area contributed by atoms with Gasteiger partial charge in [0.15, 0.2) is 6.23 Å². The molecule has 0 radical (unpaired) electrons. The highest BCUT2D eigenvalue weighted by atomic mass is 19.3. The number of aliphatic imine (C=N–C) groups is 2. The molecule has 0 bridgehead atoms. The van der Waals surface area contributed by atoms with Gasteiger partial charge in [0, 0.05) is 18.8 Å². The third kappa shape index (κ3) is 3.63. The molecule has 10 heteroatoms. The van der Waals surface area contributed by atoms with E-state index in [1.165, 1.54) is 42.9 Å². The van der Waals surface area contributed by atoms with E-state index in [4.69, 9.17) is 10.5 Å². The third-order valence-electron chi connectivity index (χ3n) is 5.35. The van der Waals surface area contributed by atoms with Gasteiger partial charge in [-0.15, -0.1) is 0 Å². The molecule has 0 spiro atoms. The van der Waals surface area contributed by atoms with Crippen LogP contribution in [0.1, 0.15) is 42.4 Å². The van der Waals surface area contributed by atoms with E-state index in [0.29, 0.717) is 5.56 Å². The highest BCUT2D eigenvalue weighted by Gasteiger charge is 2.56. The van der Waals surface area contributed by atoms with Gasteiger partial charge < -0.3 is 30.4 Å². The molecule has 8 nitrogen and oxygen atoms in total. The zero-order valence-electron chi connectivity index (χ0n) is 16.5. The zero-order valence-corrected chi connectivity index (χ0v) is 16.5. The van der Waals surface area contributed by atoms with Crippen molar-refractivity contribution in [2.45, 2.75) is 43.5 Å². The molecule has 0 aliphatic carbocycles. The second-order valence-corrected chi connectivity index (χ2v) is 7.26. The Hall–Kier alpha value is -2.66. The number of benzene rings is 1. The molecule has 5 N–H and O–H groups in total. The van der Waals surface area contributed by atoms with Crippen molar-refractivity contribution >= 4 is 18.4 Å². The van der Waals surface area contributed by atoms with E-state index in [1.807, 2.05) is 0 Å². The Morgan fingerprint density at radius 3 is 2.60 bits per heavy atom. The molecule has 2 aromatic rings. The number of hydrogen-bond donors (Lipinski definition) is 4. The van der Waals surface area contributed by atoms with Crippen molar-refractivity contribution in [3.8, 4) is 0 Å². The van der Waals surface area contributed by atoms with Crippen molar-refractivity contribution < 1.29 is 28.8 Å². The number of alkyl halides is 2. The molecular weight excluding hydrogens is 398 g/mol. The number of aliphatic hydroxyl groups is 3. The second kappa shape index (κ2) is 8.23. The summed E-state index contributed by atoms with van der Waals surface area (Å²) in [6.07, 6.45) is -6.59. The molecule has 3 rings (SSSR count). The minimum Gasteiger partial charge on any atom is -0.386 e. The number of aliphatic hydroxyl groups excluding tert-OH is 2. The first-order valence-electron chi connectivity index (χ1n) is 9.15. The van der Waals surface area contributed by atoms with E-state index in [2.05, 4.69) is 16.7 Å². The van der Waals surface area contributed by atoms with Gasteiger partial charge in [0.25, 0.3) is 6.43 Å². The van der Waals surface area contributed by atoms with Gasteiger partial charge in [0.1, 0.15) is 35.6 Å². The summed E-state index contributed by atoms with van der Waals surface area (Å²) in [6, 6.07) is 6.79. The molecule has 0 unspecified atom stereocenters. The minimum absolute atomic E-state index is 0.128. The number of halogens is 2. The van der Waals surface area contributed by atoms with E-state index in [1.54, 1.807) is 6.07 Å². The Bertz CT molecular complexity index is 960. The van der Waals surface area contributed by atoms with E-state index in [0.717, 1.165) is 6.07 Å². The highest BCUT2D eigenvalue weighted by Crippen LogP contribution is 2.44. The molecule has 1 aliphatic rings. The summed E-state index contributed by atoms with van der Waals surface area (Å²) in [6.45, 7) is 4.80. The van der Waals surface area contributed by atoms with E-state index in [9.17, 15) is 24.1 Å². The van der Waals surface area contributed by atoms with Crippen molar-refractivity contribution in [3.63, 3.8) is 0 Å². The molecule has 30 heavy (non-hydrogen) atoms. The number of ether oxygens (including phenoxy) is 1. The fourth-order valence-corrected chi connectivity index (χ4v) is 3.62. The molecule has 1 aromatic heterocycles. The van der Waals surface area contributed by atoms with Crippen LogP contribution in [0, 0.1) is 0 Å². The normalized spacial score (nSPS) is 28.1. The zero-order chi connectivity index (χ0) is 22.2. The number of hydrogen-bond acceptors (Lipinski definition) is 6. The first-order chi connectivity index (χ1) is 14.1. The van der Waals surface area contributed by atoms with Crippen LogP contribution in [0.3, 0.4) is 0 Å². The highest BCUT2D eigenvalue weighted by molar-refractivity contribution is 6.01. The lowest BCUT2D eigenvalue weighted by molar-refractivity contribution is -0.115. The second-order valence-electron chi connectivity index (χ2n) is 7.26. The molecule has 162 valence electrons. The van der Waals surface area contributed by atoms with E-state index < -0.39 is 36.6 Å². The van der Waals surface area contributed by atoms with Gasteiger partial charge in [0.2, 0.25) is 0 Å². The van der Waals surface area contributed by atoms with Gasteiger partial charge in [-0.25, -0.2) is 13.8 Å². The Morgan fingerprint density at radius 1 is 1.33 bits per heavy atom. The van der Waals surface area contributed by atoms with Crippen LogP contribution in [0.4, 0.5) is 14.6 Å². The third-order valence-corrected chi connectivity index (χ3v) is 5.35. The van der Waals surface area contributed by atoms with E-state index in [-0.39, 0.29) is 22.8 Å². The summed E-state index contributed by atoms with van der Waals surface area (Å²) >= 11 is 0. The van der Waals surface area contributed by atoms with Crippen molar-refractivity contribution in [3.05, 3.63) is 53.2 Å². The Labute approximate surface area is 172 Å². The maximum Gasteiger partial charge on any atom is 0.263 e. The SMILES string of the molecule is C=Nc1c(/C(N)=N\C)ccn1[C@@H]1O[C@H]([C@@H](O)c2cccc(C(F)F)c2)[C@@](C)(O)[C@H]1O. The van der Waals surface area contributed by atoms with Crippen LogP contribution in [-0.2, 0) is 4.74 Å². The first-order valence-corrected chi connectivity index (χ1v) is 9.15. The summed E-state index contributed by atoms with van der Waals surface area (Å²) in [5.74, 6) is 0.448. The summed E-state index contributed by atoms with van der Waals surface area (Å²) in [5, 5.41) is 32.4. The maximum atomic E-state index is 13.0. The van der Waals surface area contributed by atoms with Crippen LogP contribution in [-0.4, -0.2) is 57.3 Å². The van der Waals surface area contributed by atoms with Crippen LogP contribution >= 0.6 is 0 Å². The predicted molar refractivity (Wildman–Crippen MR) is 107 cm³/mol. The van der Waals surface area contributed by atoms with Crippen molar-refractivity contribution in [1.29, 1.82) is 0 Å². The average Bonchev–Trinajstić information content (AvgIpc) is 3.25. The van der Waals surface area contributed by atoms with Gasteiger partial charge in [-0.3, -0.25) is 4.99 Å². The fraction of sp³-hybridized carbons (Fsp3) is 0.400. The summed E-state index contributed by atoms with van der Waals surface area (Å²) in [5.41, 5.74) is 4.26. The number of rotatable bonds is 6. The lowest BCUT2D eigenvalue weighted by Crippen LogP contribution is -2.47. The molecule has 5 atom stereocenters. The Balaban J connectivity index is 1.97. The van der Waals surface area contributed by atoms with Gasteiger partial charge >= 0.3 is 0 Å². The lowest BCUT2D eigenvalue weighted by atomic mass is 9.88. The lowest BCUT2D eigenvalue weighted by Gasteiger charge is -2.30. The molecule has 0 amide bonds. The van der Waals surface area contributed by atoms with Gasteiger partial charge in [0.05, 0.1) is 5.56 Å². The number of nitrogens with zero attached hydrogens (tertiary/aromatic N) is 3. The molecule has 1 saturated heterocycles. The standard InChI is InChI=1S/C20H24F2N4O4/c1-20(29)14(28)19(26-8-7-12(17(23)24-2)18(26)25-3)30-15(20)13(27)10-5-4-6-11(9-10)16(21)22/h4-9,13-16,19,27-29H,3H2,1-2H3,(H2,23,24)/t13-,14-,15+,19+,20-/m0/s1. The topological polar surface area (TPSA) is 126 Å². The van der Waals surface area contributed by atoms with Gasteiger partial charge in [-0.1, -0.05) is 18.2 Å². The predicted octanol–water partition coefficient (Wildman–Crippen LogP) is 1.84. The average molecular weight is 422 g/mol. The summed E-state index contributed by atoms with van der Waals surface area (Å²) in [4.78, 5) is 7.82. The van der Waals surface area contributed by atoms with E-state index >= 15 is 0 Å². The summed E-state index contributed by atoms with van der Waals surface area (Å²) < 4.78 is 33.3. The van der Waals surface area contributed by atoms with Gasteiger partial charge in [-0.05, 0) is 31.3 Å². The number of amidine groups is 1. The molecule has 1 aromatic carbocycles. The number of nitrogens with two attached hydrogens (primary N) is 1. The molecule has 0 saturated carbocycles. The van der Waals surface area contributed by atoms with Gasteiger partial charge in [-0.2, -0.15) is 0 Å². The van der Waals surface area contributed by atoms with Crippen LogP contribution in [0.25, 0.3) is 0 Å². The van der Waals surface area contributed by atoms with Crippen molar-refractivity contribution in [2.75, 3.05) is 7.05 Å². The Morgan fingerprint density at radius 2 is 2.00 bits per heavy atom. The fourth-order valence-electron chi connectivity index (χ4n) is 3.62.